The molecule has 3 aromatic rings. The zero-order valence-electron chi connectivity index (χ0n) is 14.6. The normalized spacial score (nSPS) is 14.7. The molecule has 3 aromatic carbocycles. The highest BCUT2D eigenvalue weighted by Gasteiger charge is 2.32. The van der Waals surface area contributed by atoms with Crippen LogP contribution in [0.5, 0.6) is 17.2 Å². The number of aromatic hydroxyl groups is 1. The lowest BCUT2D eigenvalue weighted by atomic mass is 10.0. The number of phenolic OH excluding ortho intramolecular Hbond substituents is 1. The molecule has 5 nitrogen and oxygen atoms in total. The molecular weight excluding hydrogens is 376 g/mol. The van der Waals surface area contributed by atoms with Gasteiger partial charge in [-0.1, -0.05) is 72.8 Å². The molecule has 28 heavy (non-hydrogen) atoms. The lowest BCUT2D eigenvalue weighted by molar-refractivity contribution is 0.436. The van der Waals surface area contributed by atoms with Gasteiger partial charge in [0.2, 0.25) is 0 Å². The van der Waals surface area contributed by atoms with Gasteiger partial charge < -0.3 is 13.5 Å². The minimum Gasteiger partial charge on any atom is -0.507 e. The summed E-state index contributed by atoms with van der Waals surface area (Å²) in [6.07, 6.45) is 7.04. The first kappa shape index (κ1) is 17.9. The maximum atomic E-state index is 11.7. The smallest absolute Gasteiger partial charge is 0.501 e. The standard InChI is InChI=1S/C22H16O5S/c23-20-15-21-22(27-28(24,25)26-21)19(14-12-17-9-5-2-6-10-17)18(20)13-11-16-7-3-1-4-8-16/h1-15,23H/b13-11+,14-12+. The van der Waals surface area contributed by atoms with Crippen LogP contribution in [0.1, 0.15) is 22.3 Å². The number of phenols is 1. The van der Waals surface area contributed by atoms with Crippen LogP contribution in [0.2, 0.25) is 0 Å². The summed E-state index contributed by atoms with van der Waals surface area (Å²) in [6.45, 7) is 0. The summed E-state index contributed by atoms with van der Waals surface area (Å²) in [7, 11) is -4.18. The van der Waals surface area contributed by atoms with E-state index in [1.165, 1.54) is 6.07 Å². The molecule has 0 unspecified atom stereocenters. The van der Waals surface area contributed by atoms with Crippen molar-refractivity contribution in [3.63, 3.8) is 0 Å². The molecule has 1 aliphatic heterocycles. The summed E-state index contributed by atoms with van der Waals surface area (Å²) < 4.78 is 33.3. The molecule has 0 saturated heterocycles. The van der Waals surface area contributed by atoms with Gasteiger partial charge in [-0.15, -0.1) is 8.42 Å². The fourth-order valence-electron chi connectivity index (χ4n) is 2.87. The van der Waals surface area contributed by atoms with Gasteiger partial charge in [-0.05, 0) is 23.3 Å². The average molecular weight is 392 g/mol. The van der Waals surface area contributed by atoms with Gasteiger partial charge >= 0.3 is 10.4 Å². The van der Waals surface area contributed by atoms with Gasteiger partial charge in [0.15, 0.2) is 11.5 Å². The second kappa shape index (κ2) is 7.25. The highest BCUT2D eigenvalue weighted by Crippen LogP contribution is 2.45. The van der Waals surface area contributed by atoms with Gasteiger partial charge in [-0.3, -0.25) is 0 Å². The highest BCUT2D eigenvalue weighted by atomic mass is 32.3. The first-order chi connectivity index (χ1) is 13.5. The van der Waals surface area contributed by atoms with E-state index in [2.05, 4.69) is 0 Å². The predicted molar refractivity (Wildman–Crippen MR) is 109 cm³/mol. The van der Waals surface area contributed by atoms with Gasteiger partial charge in [-0.2, -0.15) is 0 Å². The van der Waals surface area contributed by atoms with Gasteiger partial charge in [0.05, 0.1) is 0 Å². The highest BCUT2D eigenvalue weighted by molar-refractivity contribution is 7.82. The summed E-state index contributed by atoms with van der Waals surface area (Å²) in [4.78, 5) is 0. The number of benzene rings is 3. The zero-order chi connectivity index (χ0) is 19.6. The third-order valence-electron chi connectivity index (χ3n) is 4.16. The summed E-state index contributed by atoms with van der Waals surface area (Å²) in [5.74, 6) is -0.0980. The Morgan fingerprint density at radius 3 is 1.82 bits per heavy atom. The lowest BCUT2D eigenvalue weighted by Gasteiger charge is -2.08. The molecule has 0 bridgehead atoms. The van der Waals surface area contributed by atoms with E-state index in [-0.39, 0.29) is 17.2 Å². The van der Waals surface area contributed by atoms with Crippen molar-refractivity contribution in [1.29, 1.82) is 0 Å². The third kappa shape index (κ3) is 3.77. The van der Waals surface area contributed by atoms with E-state index in [0.29, 0.717) is 11.1 Å². The Kier molecular flexibility index (Phi) is 4.63. The number of hydrogen-bond donors (Lipinski definition) is 1. The molecule has 1 N–H and O–H groups in total. The Morgan fingerprint density at radius 2 is 1.25 bits per heavy atom. The number of fused-ring (bicyclic) bond motifs is 1. The molecule has 0 atom stereocenters. The Hall–Kier alpha value is -3.51. The Labute approximate surface area is 163 Å². The summed E-state index contributed by atoms with van der Waals surface area (Å²) in [5, 5.41) is 10.5. The van der Waals surface area contributed by atoms with Crippen LogP contribution >= 0.6 is 0 Å². The van der Waals surface area contributed by atoms with Crippen LogP contribution in [0.3, 0.4) is 0 Å². The fourth-order valence-corrected chi connectivity index (χ4v) is 3.62. The lowest BCUT2D eigenvalue weighted by Crippen LogP contribution is -2.08. The molecule has 0 radical (unpaired) electrons. The van der Waals surface area contributed by atoms with Crippen molar-refractivity contribution < 1.29 is 21.9 Å². The number of hydrogen-bond acceptors (Lipinski definition) is 5. The van der Waals surface area contributed by atoms with Crippen molar-refractivity contribution in [2.24, 2.45) is 0 Å². The molecule has 6 heteroatoms. The molecule has 0 saturated carbocycles. The third-order valence-corrected chi connectivity index (χ3v) is 4.92. The molecule has 1 heterocycles. The van der Waals surface area contributed by atoms with E-state index < -0.39 is 10.4 Å². The SMILES string of the molecule is O=S1(=O)Oc2cc(O)c(/C=C/c3ccccc3)c(/C=C/c3ccccc3)c2O1. The molecular formula is C22H16O5S. The van der Waals surface area contributed by atoms with E-state index in [1.54, 1.807) is 12.2 Å². The first-order valence-electron chi connectivity index (χ1n) is 8.52. The van der Waals surface area contributed by atoms with Crippen molar-refractivity contribution in [1.82, 2.24) is 0 Å². The maximum absolute atomic E-state index is 11.7. The number of rotatable bonds is 4. The minimum atomic E-state index is -4.18. The van der Waals surface area contributed by atoms with E-state index in [9.17, 15) is 13.5 Å². The van der Waals surface area contributed by atoms with Crippen molar-refractivity contribution in [3.05, 3.63) is 89.0 Å². The van der Waals surface area contributed by atoms with E-state index in [4.69, 9.17) is 8.37 Å². The van der Waals surface area contributed by atoms with Gasteiger partial charge in [0, 0.05) is 17.2 Å². The zero-order valence-corrected chi connectivity index (χ0v) is 15.5. The summed E-state index contributed by atoms with van der Waals surface area (Å²) in [6, 6.07) is 20.3. The molecule has 0 aliphatic carbocycles. The second-order valence-corrected chi connectivity index (χ2v) is 7.26. The monoisotopic (exact) mass is 392 g/mol. The van der Waals surface area contributed by atoms with Crippen LogP contribution in [0, 0.1) is 0 Å². The molecule has 140 valence electrons. The topological polar surface area (TPSA) is 72.8 Å². The van der Waals surface area contributed by atoms with Crippen molar-refractivity contribution in [2.45, 2.75) is 0 Å². The van der Waals surface area contributed by atoms with E-state index >= 15 is 0 Å². The molecule has 0 amide bonds. The van der Waals surface area contributed by atoms with Gasteiger partial charge in [-0.25, -0.2) is 0 Å². The predicted octanol–water partition coefficient (Wildman–Crippen LogP) is 4.75. The van der Waals surface area contributed by atoms with Crippen LogP contribution < -0.4 is 8.37 Å². The van der Waals surface area contributed by atoms with Crippen molar-refractivity contribution in [3.8, 4) is 17.2 Å². The van der Waals surface area contributed by atoms with E-state index in [0.717, 1.165) is 11.1 Å². The second-order valence-electron chi connectivity index (χ2n) is 6.11. The summed E-state index contributed by atoms with van der Waals surface area (Å²) in [5.41, 5.74) is 2.69. The Balaban J connectivity index is 1.83. The van der Waals surface area contributed by atoms with Gasteiger partial charge in [0.25, 0.3) is 0 Å². The first-order valence-corrected chi connectivity index (χ1v) is 9.85. The van der Waals surface area contributed by atoms with E-state index in [1.807, 2.05) is 72.8 Å². The van der Waals surface area contributed by atoms with Gasteiger partial charge in [0.1, 0.15) is 5.75 Å². The molecule has 0 aromatic heterocycles. The maximum Gasteiger partial charge on any atom is 0.501 e. The van der Waals surface area contributed by atoms with Crippen LogP contribution in [0.15, 0.2) is 66.7 Å². The molecule has 4 rings (SSSR count). The fraction of sp³-hybridized carbons (Fsp3) is 0. The van der Waals surface area contributed by atoms with Crippen LogP contribution in [-0.2, 0) is 10.4 Å². The Bertz CT molecular complexity index is 1160. The molecule has 1 aliphatic rings. The largest absolute Gasteiger partial charge is 0.507 e. The minimum absolute atomic E-state index is 0.0397. The van der Waals surface area contributed by atoms with Crippen molar-refractivity contribution >= 4 is 34.7 Å². The average Bonchev–Trinajstić information content (AvgIpc) is 3.00. The molecule has 0 spiro atoms. The molecule has 0 fully saturated rings. The van der Waals surface area contributed by atoms with Crippen molar-refractivity contribution in [2.75, 3.05) is 0 Å². The van der Waals surface area contributed by atoms with Crippen LogP contribution in [-0.4, -0.2) is 13.5 Å². The quantitative estimate of drug-likeness (QED) is 0.649. The summed E-state index contributed by atoms with van der Waals surface area (Å²) >= 11 is 0. The van der Waals surface area contributed by atoms with Crippen LogP contribution in [0.4, 0.5) is 0 Å². The van der Waals surface area contributed by atoms with Crippen LogP contribution in [0.25, 0.3) is 24.3 Å². The Morgan fingerprint density at radius 1 is 0.714 bits per heavy atom.